The molecule has 1 atom stereocenters. The predicted molar refractivity (Wildman–Crippen MR) is 110 cm³/mol. The van der Waals surface area contributed by atoms with Crippen molar-refractivity contribution in [1.82, 2.24) is 9.62 Å². The maximum absolute atomic E-state index is 13.9. The Kier molecular flexibility index (Phi) is 6.40. The van der Waals surface area contributed by atoms with Crippen molar-refractivity contribution in [1.29, 1.82) is 0 Å². The second-order valence-corrected chi connectivity index (χ2v) is 9.08. The molecule has 1 aliphatic rings. The van der Waals surface area contributed by atoms with Crippen LogP contribution in [0.1, 0.15) is 18.9 Å². The van der Waals surface area contributed by atoms with Crippen LogP contribution in [-0.2, 0) is 26.0 Å². The molecular formula is C21H22F2N2O6S. The molecule has 2 amide bonds. The molecule has 0 radical (unpaired) electrons. The Hall–Kier alpha value is -3.21. The van der Waals surface area contributed by atoms with Crippen LogP contribution in [0.2, 0.25) is 0 Å². The van der Waals surface area contributed by atoms with Gasteiger partial charge in [-0.25, -0.2) is 21.9 Å². The van der Waals surface area contributed by atoms with E-state index in [1.54, 1.807) is 0 Å². The Balaban J connectivity index is 1.80. The van der Waals surface area contributed by atoms with Crippen LogP contribution in [0.3, 0.4) is 0 Å². The summed E-state index contributed by atoms with van der Waals surface area (Å²) in [5.41, 5.74) is -1.63. The Bertz CT molecular complexity index is 1170. The third kappa shape index (κ3) is 4.38. The SMILES string of the molecule is COc1ccc(OC)c(S(=O)(=O)NC(=O)C2(C)CCN2C(=O)Cc2cc(F)ccc2F)c1. The lowest BCUT2D eigenvalue weighted by atomic mass is 9.85. The minimum Gasteiger partial charge on any atom is -0.497 e. The molecule has 11 heteroatoms. The zero-order valence-corrected chi connectivity index (χ0v) is 18.5. The molecule has 32 heavy (non-hydrogen) atoms. The van der Waals surface area contributed by atoms with E-state index in [-0.39, 0.29) is 34.9 Å². The van der Waals surface area contributed by atoms with Gasteiger partial charge >= 0.3 is 0 Å². The summed E-state index contributed by atoms with van der Waals surface area (Å²) in [7, 11) is -1.73. The van der Waals surface area contributed by atoms with Crippen molar-refractivity contribution < 1.29 is 36.3 Å². The van der Waals surface area contributed by atoms with Crippen LogP contribution in [0, 0.1) is 11.6 Å². The van der Waals surface area contributed by atoms with Crippen LogP contribution in [0.25, 0.3) is 0 Å². The van der Waals surface area contributed by atoms with Crippen molar-refractivity contribution in [3.05, 3.63) is 53.6 Å². The number of benzene rings is 2. The van der Waals surface area contributed by atoms with Gasteiger partial charge in [-0.15, -0.1) is 0 Å². The van der Waals surface area contributed by atoms with Crippen LogP contribution >= 0.6 is 0 Å². The first kappa shape index (κ1) is 23.5. The van der Waals surface area contributed by atoms with Crippen LogP contribution in [-0.4, -0.2) is 51.4 Å². The molecule has 3 rings (SSSR count). The molecule has 0 bridgehead atoms. The first-order valence-corrected chi connectivity index (χ1v) is 11.0. The fourth-order valence-electron chi connectivity index (χ4n) is 3.41. The number of nitrogens with one attached hydrogen (secondary N) is 1. The van der Waals surface area contributed by atoms with Crippen LogP contribution in [0.5, 0.6) is 11.5 Å². The topological polar surface area (TPSA) is 102 Å². The molecule has 0 saturated carbocycles. The standard InChI is InChI=1S/C21H22F2N2O6S/c1-21(8-9-25(21)19(26)11-13-10-14(22)4-6-16(13)23)20(27)24-32(28,29)18-12-15(30-2)5-7-17(18)31-3/h4-7,10,12H,8-9,11H2,1-3H3,(H,24,27). The van der Waals surface area contributed by atoms with E-state index in [0.717, 1.165) is 23.1 Å². The van der Waals surface area contributed by atoms with Gasteiger partial charge in [-0.2, -0.15) is 0 Å². The number of carbonyl (C=O) groups is 2. The molecule has 2 aromatic rings. The minimum atomic E-state index is -4.37. The van der Waals surface area contributed by atoms with E-state index in [1.165, 1.54) is 39.3 Å². The summed E-state index contributed by atoms with van der Waals surface area (Å²) < 4.78 is 65.1. The van der Waals surface area contributed by atoms with Crippen LogP contribution in [0.4, 0.5) is 8.78 Å². The normalized spacial score (nSPS) is 18.0. The maximum Gasteiger partial charge on any atom is 0.267 e. The smallest absolute Gasteiger partial charge is 0.267 e. The zero-order chi connectivity index (χ0) is 23.7. The molecule has 0 aromatic heterocycles. The second-order valence-electron chi connectivity index (χ2n) is 7.43. The Labute approximate surface area is 184 Å². The molecule has 1 N–H and O–H groups in total. The fourth-order valence-corrected chi connectivity index (χ4v) is 4.67. The number of nitrogens with zero attached hydrogens (tertiary/aromatic N) is 1. The Morgan fingerprint density at radius 3 is 2.44 bits per heavy atom. The summed E-state index contributed by atoms with van der Waals surface area (Å²) in [5, 5.41) is 0. The number of hydrogen-bond donors (Lipinski definition) is 1. The molecule has 1 unspecified atom stereocenters. The van der Waals surface area contributed by atoms with Gasteiger partial charge in [-0.3, -0.25) is 9.59 Å². The first-order valence-electron chi connectivity index (χ1n) is 9.55. The number of rotatable bonds is 7. The lowest BCUT2D eigenvalue weighted by Crippen LogP contribution is -2.68. The van der Waals surface area contributed by atoms with Gasteiger partial charge in [-0.1, -0.05) is 0 Å². The van der Waals surface area contributed by atoms with E-state index >= 15 is 0 Å². The monoisotopic (exact) mass is 468 g/mol. The quantitative estimate of drug-likeness (QED) is 0.667. The van der Waals surface area contributed by atoms with E-state index in [4.69, 9.17) is 9.47 Å². The maximum atomic E-state index is 13.9. The number of methoxy groups -OCH3 is 2. The van der Waals surface area contributed by atoms with Crippen molar-refractivity contribution in [3.63, 3.8) is 0 Å². The summed E-state index contributed by atoms with van der Waals surface area (Å²) in [5.74, 6) is -2.77. The van der Waals surface area contributed by atoms with Gasteiger partial charge in [0.05, 0.1) is 20.6 Å². The van der Waals surface area contributed by atoms with Crippen molar-refractivity contribution in [2.45, 2.75) is 30.2 Å². The number of amides is 2. The highest BCUT2D eigenvalue weighted by Crippen LogP contribution is 2.33. The van der Waals surface area contributed by atoms with Crippen molar-refractivity contribution in [2.75, 3.05) is 20.8 Å². The highest BCUT2D eigenvalue weighted by molar-refractivity contribution is 7.90. The Morgan fingerprint density at radius 2 is 1.84 bits per heavy atom. The lowest BCUT2D eigenvalue weighted by Gasteiger charge is -2.49. The third-order valence-corrected chi connectivity index (χ3v) is 6.80. The predicted octanol–water partition coefficient (Wildman–Crippen LogP) is 2.02. The van der Waals surface area contributed by atoms with Gasteiger partial charge in [0.1, 0.15) is 33.6 Å². The zero-order valence-electron chi connectivity index (χ0n) is 17.6. The first-order chi connectivity index (χ1) is 15.0. The van der Waals surface area contributed by atoms with E-state index in [0.29, 0.717) is 0 Å². The van der Waals surface area contributed by atoms with Gasteiger partial charge < -0.3 is 14.4 Å². The number of hydrogen-bond acceptors (Lipinski definition) is 6. The molecule has 8 nitrogen and oxygen atoms in total. The van der Waals surface area contributed by atoms with Crippen molar-refractivity contribution in [3.8, 4) is 11.5 Å². The minimum absolute atomic E-state index is 0.000579. The number of ether oxygens (including phenoxy) is 2. The molecule has 1 saturated heterocycles. The van der Waals surface area contributed by atoms with Crippen LogP contribution < -0.4 is 14.2 Å². The number of likely N-dealkylation sites (tertiary alicyclic amines) is 1. The summed E-state index contributed by atoms with van der Waals surface area (Å²) in [6, 6.07) is 6.83. The van der Waals surface area contributed by atoms with Gasteiger partial charge in [-0.05, 0) is 43.7 Å². The average molecular weight is 468 g/mol. The van der Waals surface area contributed by atoms with E-state index in [2.05, 4.69) is 0 Å². The summed E-state index contributed by atoms with van der Waals surface area (Å²) in [4.78, 5) is 26.4. The molecule has 1 heterocycles. The fraction of sp³-hybridized carbons (Fsp3) is 0.333. The second kappa shape index (κ2) is 8.73. The average Bonchev–Trinajstić information content (AvgIpc) is 2.73. The molecule has 2 aromatic carbocycles. The lowest BCUT2D eigenvalue weighted by molar-refractivity contribution is -0.156. The van der Waals surface area contributed by atoms with Gasteiger partial charge in [0.15, 0.2) is 0 Å². The highest BCUT2D eigenvalue weighted by Gasteiger charge is 2.50. The summed E-state index contributed by atoms with van der Waals surface area (Å²) >= 11 is 0. The van der Waals surface area contributed by atoms with Gasteiger partial charge in [0.25, 0.3) is 15.9 Å². The van der Waals surface area contributed by atoms with Gasteiger partial charge in [0.2, 0.25) is 5.91 Å². The molecule has 0 spiro atoms. The van der Waals surface area contributed by atoms with Crippen molar-refractivity contribution >= 4 is 21.8 Å². The van der Waals surface area contributed by atoms with E-state index in [9.17, 15) is 26.8 Å². The van der Waals surface area contributed by atoms with E-state index < -0.39 is 45.4 Å². The van der Waals surface area contributed by atoms with Crippen LogP contribution in [0.15, 0.2) is 41.3 Å². The summed E-state index contributed by atoms with van der Waals surface area (Å²) in [6.45, 7) is 1.58. The molecular weight excluding hydrogens is 446 g/mol. The van der Waals surface area contributed by atoms with E-state index in [1.807, 2.05) is 4.72 Å². The molecule has 0 aliphatic carbocycles. The Morgan fingerprint density at radius 1 is 1.12 bits per heavy atom. The largest absolute Gasteiger partial charge is 0.497 e. The van der Waals surface area contributed by atoms with Gasteiger partial charge in [0, 0.05) is 18.2 Å². The summed E-state index contributed by atoms with van der Waals surface area (Å²) in [6.07, 6.45) is -0.274. The number of halogens is 2. The molecule has 172 valence electrons. The molecule has 1 fully saturated rings. The third-order valence-electron chi connectivity index (χ3n) is 5.44. The molecule has 1 aliphatic heterocycles. The van der Waals surface area contributed by atoms with Crippen molar-refractivity contribution in [2.24, 2.45) is 0 Å². The number of carbonyl (C=O) groups excluding carboxylic acids is 2. The number of sulfonamides is 1. The highest BCUT2D eigenvalue weighted by atomic mass is 32.2.